The molecule has 7 heteroatoms. The number of anilines is 1. The van der Waals surface area contributed by atoms with Gasteiger partial charge in [-0.15, -0.1) is 0 Å². The zero-order valence-corrected chi connectivity index (χ0v) is 18.4. The van der Waals surface area contributed by atoms with Crippen LogP contribution in [0.25, 0.3) is 5.82 Å². The highest BCUT2D eigenvalue weighted by Crippen LogP contribution is 2.47. The van der Waals surface area contributed by atoms with Crippen molar-refractivity contribution in [3.63, 3.8) is 0 Å². The van der Waals surface area contributed by atoms with Crippen molar-refractivity contribution in [2.75, 3.05) is 37.7 Å². The number of halogens is 1. The first-order chi connectivity index (χ1) is 14.9. The Morgan fingerprint density at radius 1 is 1.23 bits per heavy atom. The third kappa shape index (κ3) is 3.25. The van der Waals surface area contributed by atoms with Gasteiger partial charge in [-0.1, -0.05) is 13.8 Å². The highest BCUT2D eigenvalue weighted by Gasteiger charge is 2.53. The van der Waals surface area contributed by atoms with Crippen LogP contribution in [0, 0.1) is 5.92 Å². The summed E-state index contributed by atoms with van der Waals surface area (Å²) < 4.78 is 23.0. The number of nitrogens with zero attached hydrogens (tertiary/aromatic N) is 4. The van der Waals surface area contributed by atoms with Crippen molar-refractivity contribution in [1.82, 2.24) is 14.5 Å². The zero-order chi connectivity index (χ0) is 21.6. The van der Waals surface area contributed by atoms with E-state index in [1.807, 2.05) is 24.5 Å². The first-order valence-electron chi connectivity index (χ1n) is 11.4. The van der Waals surface area contributed by atoms with Crippen LogP contribution in [-0.2, 0) is 15.1 Å². The van der Waals surface area contributed by atoms with Crippen LogP contribution < -0.4 is 4.90 Å². The molecule has 2 aromatic heterocycles. The molecule has 0 radical (unpaired) electrons. The van der Waals surface area contributed by atoms with E-state index in [1.54, 1.807) is 4.90 Å². The minimum absolute atomic E-state index is 0.148. The molecule has 5 heterocycles. The summed E-state index contributed by atoms with van der Waals surface area (Å²) in [7, 11) is 0. The predicted molar refractivity (Wildman–Crippen MR) is 117 cm³/mol. The van der Waals surface area contributed by atoms with Gasteiger partial charge in [0.15, 0.2) is 11.5 Å². The van der Waals surface area contributed by atoms with E-state index in [4.69, 9.17) is 4.74 Å². The van der Waals surface area contributed by atoms with Crippen LogP contribution in [0.15, 0.2) is 36.7 Å². The Balaban J connectivity index is 1.53. The second-order valence-electron chi connectivity index (χ2n) is 9.53. The van der Waals surface area contributed by atoms with Crippen LogP contribution in [0.2, 0.25) is 0 Å². The number of carbonyl (C=O) groups is 1. The van der Waals surface area contributed by atoms with Gasteiger partial charge in [-0.25, -0.2) is 9.37 Å². The van der Waals surface area contributed by atoms with Crippen molar-refractivity contribution in [2.45, 2.75) is 50.7 Å². The van der Waals surface area contributed by atoms with Crippen molar-refractivity contribution in [3.8, 4) is 5.82 Å². The molecule has 1 atom stereocenters. The van der Waals surface area contributed by atoms with Gasteiger partial charge in [0.05, 0.1) is 24.6 Å². The fraction of sp³-hybridized carbons (Fsp3) is 0.583. The van der Waals surface area contributed by atoms with Gasteiger partial charge < -0.3 is 19.1 Å². The van der Waals surface area contributed by atoms with Gasteiger partial charge >= 0.3 is 0 Å². The Bertz CT molecular complexity index is 968. The Kier molecular flexibility index (Phi) is 5.04. The van der Waals surface area contributed by atoms with Crippen molar-refractivity contribution < 1.29 is 13.9 Å². The Morgan fingerprint density at radius 3 is 2.81 bits per heavy atom. The average Bonchev–Trinajstić information content (AvgIpc) is 3.42. The molecule has 3 aliphatic rings. The molecule has 0 aromatic carbocycles. The lowest BCUT2D eigenvalue weighted by Crippen LogP contribution is -2.55. The van der Waals surface area contributed by atoms with Gasteiger partial charge in [-0.2, -0.15) is 0 Å². The summed E-state index contributed by atoms with van der Waals surface area (Å²) in [6.45, 7) is 7.00. The van der Waals surface area contributed by atoms with E-state index in [9.17, 15) is 4.79 Å². The summed E-state index contributed by atoms with van der Waals surface area (Å²) in [4.78, 5) is 22.1. The first-order valence-corrected chi connectivity index (χ1v) is 11.4. The highest BCUT2D eigenvalue weighted by atomic mass is 19.1. The number of pyridine rings is 1. The summed E-state index contributed by atoms with van der Waals surface area (Å²) in [5, 5.41) is 0. The molecule has 3 aliphatic heterocycles. The van der Waals surface area contributed by atoms with Gasteiger partial charge in [0.1, 0.15) is 5.54 Å². The minimum atomic E-state index is -1.80. The van der Waals surface area contributed by atoms with E-state index < -0.39 is 5.67 Å². The van der Waals surface area contributed by atoms with Crippen molar-refractivity contribution in [3.05, 3.63) is 42.4 Å². The molecule has 0 bridgehead atoms. The van der Waals surface area contributed by atoms with Crippen LogP contribution >= 0.6 is 0 Å². The number of likely N-dealkylation sites (tertiary alicyclic amines) is 1. The Labute approximate surface area is 183 Å². The summed E-state index contributed by atoms with van der Waals surface area (Å²) in [5.41, 5.74) is 0.0497. The molecular weight excluding hydrogens is 395 g/mol. The molecule has 1 spiro atoms. The van der Waals surface area contributed by atoms with E-state index in [2.05, 4.69) is 40.4 Å². The van der Waals surface area contributed by atoms with Gasteiger partial charge in [-0.05, 0) is 43.0 Å². The molecule has 6 nitrogen and oxygen atoms in total. The third-order valence-corrected chi connectivity index (χ3v) is 7.16. The summed E-state index contributed by atoms with van der Waals surface area (Å²) in [5.74, 6) is 1.11. The molecule has 166 valence electrons. The Hall–Kier alpha value is -2.41. The second kappa shape index (κ2) is 7.62. The SMILES string of the molecule is CC(C)CCN1c2cccnc2-n2cccc2[C@@]12CCN(C(=O)C1(F)CCOCC1)C2. The van der Waals surface area contributed by atoms with Gasteiger partial charge in [0.2, 0.25) is 0 Å². The molecule has 5 rings (SSSR count). The van der Waals surface area contributed by atoms with Gasteiger partial charge in [-0.3, -0.25) is 4.79 Å². The molecule has 2 saturated heterocycles. The van der Waals surface area contributed by atoms with E-state index in [1.165, 1.54) is 0 Å². The molecular formula is C24H31FN4O2. The normalized spacial score (nSPS) is 24.5. The summed E-state index contributed by atoms with van der Waals surface area (Å²) >= 11 is 0. The van der Waals surface area contributed by atoms with Crippen LogP contribution in [0.3, 0.4) is 0 Å². The lowest BCUT2D eigenvalue weighted by Gasteiger charge is -2.47. The number of amides is 1. The maximum atomic E-state index is 15.5. The lowest BCUT2D eigenvalue weighted by molar-refractivity contribution is -0.149. The lowest BCUT2D eigenvalue weighted by atomic mass is 9.88. The third-order valence-electron chi connectivity index (χ3n) is 7.16. The molecule has 0 aliphatic carbocycles. The highest BCUT2D eigenvalue weighted by molar-refractivity contribution is 5.86. The maximum Gasteiger partial charge on any atom is 0.260 e. The quantitative estimate of drug-likeness (QED) is 0.748. The number of hydrogen-bond donors (Lipinski definition) is 0. The van der Waals surface area contributed by atoms with Crippen LogP contribution in [0.5, 0.6) is 0 Å². The van der Waals surface area contributed by atoms with Crippen LogP contribution in [0.1, 0.15) is 45.2 Å². The molecule has 0 saturated carbocycles. The number of fused-ring (bicyclic) bond motifs is 4. The smallest absolute Gasteiger partial charge is 0.260 e. The molecule has 2 fully saturated rings. The zero-order valence-electron chi connectivity index (χ0n) is 18.4. The first kappa shape index (κ1) is 20.5. The number of carbonyl (C=O) groups excluding carboxylic acids is 1. The van der Waals surface area contributed by atoms with E-state index >= 15 is 4.39 Å². The number of alkyl halides is 1. The van der Waals surface area contributed by atoms with Crippen molar-refractivity contribution in [1.29, 1.82) is 0 Å². The van der Waals surface area contributed by atoms with E-state index in [-0.39, 0.29) is 24.3 Å². The maximum absolute atomic E-state index is 15.5. The fourth-order valence-electron chi connectivity index (χ4n) is 5.41. The van der Waals surface area contributed by atoms with Crippen molar-refractivity contribution in [2.24, 2.45) is 5.92 Å². The number of aromatic nitrogens is 2. The minimum Gasteiger partial charge on any atom is -0.381 e. The van der Waals surface area contributed by atoms with E-state index in [0.717, 1.165) is 36.6 Å². The number of hydrogen-bond acceptors (Lipinski definition) is 4. The predicted octanol–water partition coefficient (Wildman–Crippen LogP) is 3.68. The topological polar surface area (TPSA) is 50.6 Å². The molecule has 0 unspecified atom stereocenters. The van der Waals surface area contributed by atoms with E-state index in [0.29, 0.717) is 32.2 Å². The molecule has 1 amide bonds. The number of ether oxygens (including phenoxy) is 1. The summed E-state index contributed by atoms with van der Waals surface area (Å²) in [6.07, 6.45) is 5.98. The van der Waals surface area contributed by atoms with Crippen LogP contribution in [0.4, 0.5) is 10.1 Å². The monoisotopic (exact) mass is 426 g/mol. The van der Waals surface area contributed by atoms with Gasteiger partial charge in [0.25, 0.3) is 5.91 Å². The Morgan fingerprint density at radius 2 is 2.03 bits per heavy atom. The molecule has 2 aromatic rings. The standard InChI is InChI=1S/C24H31FN4O2/c1-18(2)7-13-29-19-5-3-11-26-21(19)28-12-4-6-20(28)24(29)8-14-27(17-24)22(30)23(25)9-15-31-16-10-23/h3-6,11-12,18H,7-10,13-17H2,1-2H3/t24-/m0/s1. The molecule has 31 heavy (non-hydrogen) atoms. The second-order valence-corrected chi connectivity index (χ2v) is 9.53. The largest absolute Gasteiger partial charge is 0.381 e. The van der Waals surface area contributed by atoms with Crippen molar-refractivity contribution >= 4 is 11.6 Å². The average molecular weight is 427 g/mol. The fourth-order valence-corrected chi connectivity index (χ4v) is 5.41. The van der Waals surface area contributed by atoms with Gasteiger partial charge in [0, 0.05) is 44.9 Å². The molecule has 0 N–H and O–H groups in total. The summed E-state index contributed by atoms with van der Waals surface area (Å²) in [6, 6.07) is 8.27. The van der Waals surface area contributed by atoms with Crippen LogP contribution in [-0.4, -0.2) is 58.9 Å². The number of rotatable bonds is 4.